The minimum absolute atomic E-state index is 0.0750. The number of thiazole rings is 1. The van der Waals surface area contributed by atoms with Gasteiger partial charge in [-0.2, -0.15) is 0 Å². The van der Waals surface area contributed by atoms with Gasteiger partial charge in [-0.25, -0.2) is 4.98 Å². The molecule has 112 valence electrons. The van der Waals surface area contributed by atoms with Gasteiger partial charge in [0.1, 0.15) is 5.01 Å². The minimum Gasteiger partial charge on any atom is -0.388 e. The van der Waals surface area contributed by atoms with Crippen molar-refractivity contribution in [1.82, 2.24) is 10.3 Å². The highest BCUT2D eigenvalue weighted by atomic mass is 32.1. The first-order chi connectivity index (χ1) is 9.88. The van der Waals surface area contributed by atoms with Crippen molar-refractivity contribution in [2.45, 2.75) is 26.4 Å². The predicted molar refractivity (Wildman–Crippen MR) is 87.1 cm³/mol. The van der Waals surface area contributed by atoms with Gasteiger partial charge in [0.15, 0.2) is 0 Å². The van der Waals surface area contributed by atoms with Gasteiger partial charge in [0, 0.05) is 12.6 Å². The largest absolute Gasteiger partial charge is 0.388 e. The first-order valence-corrected chi connectivity index (χ1v) is 7.74. The van der Waals surface area contributed by atoms with E-state index in [2.05, 4.69) is 10.3 Å². The number of fused-ring (bicyclic) bond motifs is 1. The van der Waals surface area contributed by atoms with Crippen molar-refractivity contribution in [2.24, 2.45) is 5.92 Å². The lowest BCUT2D eigenvalue weighted by atomic mass is 9.92. The Balaban J connectivity index is 1.96. The van der Waals surface area contributed by atoms with Crippen molar-refractivity contribution >= 4 is 33.5 Å². The van der Waals surface area contributed by atoms with Gasteiger partial charge in [0.2, 0.25) is 5.91 Å². The molecule has 0 saturated carbocycles. The maximum Gasteiger partial charge on any atom is 0.244 e. The summed E-state index contributed by atoms with van der Waals surface area (Å²) in [4.78, 5) is 16.2. The van der Waals surface area contributed by atoms with E-state index in [-0.39, 0.29) is 18.4 Å². The van der Waals surface area contributed by atoms with Gasteiger partial charge in [0.05, 0.1) is 15.8 Å². The zero-order valence-electron chi connectivity index (χ0n) is 12.5. The van der Waals surface area contributed by atoms with E-state index in [0.29, 0.717) is 0 Å². The van der Waals surface area contributed by atoms with E-state index >= 15 is 0 Å². The molecule has 1 unspecified atom stereocenters. The number of benzene rings is 1. The molecule has 2 N–H and O–H groups in total. The number of aromatic nitrogens is 1. The average Bonchev–Trinajstić information content (AvgIpc) is 2.85. The number of nitrogens with zero attached hydrogens (tertiary/aromatic N) is 1. The highest BCUT2D eigenvalue weighted by Crippen LogP contribution is 2.22. The molecule has 0 aliphatic heterocycles. The number of para-hydroxylation sites is 1. The summed E-state index contributed by atoms with van der Waals surface area (Å²) in [6.07, 6.45) is 3.15. The fourth-order valence-electron chi connectivity index (χ4n) is 1.64. The van der Waals surface area contributed by atoms with Gasteiger partial charge in [-0.1, -0.05) is 26.0 Å². The minimum atomic E-state index is -0.903. The van der Waals surface area contributed by atoms with Crippen LogP contribution in [-0.2, 0) is 4.79 Å². The molecule has 0 saturated heterocycles. The number of rotatable bonds is 5. The molecule has 1 amide bonds. The van der Waals surface area contributed by atoms with Gasteiger partial charge >= 0.3 is 0 Å². The first-order valence-electron chi connectivity index (χ1n) is 6.92. The third kappa shape index (κ3) is 4.12. The predicted octanol–water partition coefficient (Wildman–Crippen LogP) is 2.83. The van der Waals surface area contributed by atoms with Crippen LogP contribution in [0.4, 0.5) is 0 Å². The van der Waals surface area contributed by atoms with Crippen LogP contribution in [0.25, 0.3) is 16.3 Å². The molecule has 1 atom stereocenters. The van der Waals surface area contributed by atoms with Crippen LogP contribution in [0.5, 0.6) is 0 Å². The number of aliphatic hydroxyl groups is 1. The highest BCUT2D eigenvalue weighted by Gasteiger charge is 2.24. The van der Waals surface area contributed by atoms with Crippen molar-refractivity contribution in [3.8, 4) is 0 Å². The van der Waals surface area contributed by atoms with Crippen LogP contribution < -0.4 is 5.32 Å². The second-order valence-corrected chi connectivity index (χ2v) is 6.65. The summed E-state index contributed by atoms with van der Waals surface area (Å²) in [5, 5.41) is 13.6. The molecule has 2 aromatic rings. The molecule has 1 heterocycles. The molecule has 0 bridgehead atoms. The van der Waals surface area contributed by atoms with Gasteiger partial charge < -0.3 is 10.4 Å². The van der Waals surface area contributed by atoms with Gasteiger partial charge in [-0.15, -0.1) is 11.3 Å². The maximum atomic E-state index is 11.8. The number of nitrogens with one attached hydrogen (secondary N) is 1. The molecule has 5 heteroatoms. The topological polar surface area (TPSA) is 62.2 Å². The fraction of sp³-hybridized carbons (Fsp3) is 0.375. The van der Waals surface area contributed by atoms with Gasteiger partial charge in [-0.3, -0.25) is 4.79 Å². The van der Waals surface area contributed by atoms with E-state index in [1.165, 1.54) is 6.08 Å². The number of carbonyl (C=O) groups excluding carboxylic acids is 1. The van der Waals surface area contributed by atoms with E-state index in [9.17, 15) is 9.90 Å². The molecule has 1 aromatic carbocycles. The van der Waals surface area contributed by atoms with Crippen LogP contribution in [-0.4, -0.2) is 28.1 Å². The van der Waals surface area contributed by atoms with Crippen LogP contribution in [0.15, 0.2) is 30.3 Å². The van der Waals surface area contributed by atoms with Crippen LogP contribution in [0.2, 0.25) is 0 Å². The molecule has 0 fully saturated rings. The summed E-state index contributed by atoms with van der Waals surface area (Å²) in [7, 11) is 0. The summed E-state index contributed by atoms with van der Waals surface area (Å²) >= 11 is 1.54. The number of hydrogen-bond donors (Lipinski definition) is 2. The van der Waals surface area contributed by atoms with Gasteiger partial charge in [-0.05, 0) is 31.1 Å². The smallest absolute Gasteiger partial charge is 0.244 e. The average molecular weight is 304 g/mol. The molecule has 0 radical (unpaired) electrons. The molecule has 1 aromatic heterocycles. The van der Waals surface area contributed by atoms with E-state index in [0.717, 1.165) is 15.2 Å². The normalized spacial score (nSPS) is 14.7. The summed E-state index contributed by atoms with van der Waals surface area (Å²) < 4.78 is 1.10. The Hall–Kier alpha value is -1.72. The Labute approximate surface area is 128 Å². The Morgan fingerprint density at radius 3 is 2.86 bits per heavy atom. The Morgan fingerprint density at radius 2 is 2.19 bits per heavy atom. The van der Waals surface area contributed by atoms with E-state index in [4.69, 9.17) is 0 Å². The van der Waals surface area contributed by atoms with Crippen LogP contribution in [0, 0.1) is 5.92 Å². The van der Waals surface area contributed by atoms with Crippen molar-refractivity contribution in [1.29, 1.82) is 0 Å². The summed E-state index contributed by atoms with van der Waals surface area (Å²) in [5.74, 6) is -0.152. The lowest BCUT2D eigenvalue weighted by Gasteiger charge is -2.27. The van der Waals surface area contributed by atoms with Crippen LogP contribution in [0.3, 0.4) is 0 Å². The SMILES string of the molecule is CC(C)C(C)(O)CNC(=O)C=Cc1nc2ccccc2s1. The zero-order chi connectivity index (χ0) is 15.5. The Bertz CT molecular complexity index is 626. The van der Waals surface area contributed by atoms with E-state index < -0.39 is 5.60 Å². The van der Waals surface area contributed by atoms with Crippen molar-refractivity contribution in [3.63, 3.8) is 0 Å². The molecular formula is C16H20N2O2S. The van der Waals surface area contributed by atoms with E-state index in [1.54, 1.807) is 24.3 Å². The fourth-order valence-corrected chi connectivity index (χ4v) is 2.51. The zero-order valence-corrected chi connectivity index (χ0v) is 13.3. The number of carbonyl (C=O) groups is 1. The number of hydrogen-bond acceptors (Lipinski definition) is 4. The van der Waals surface area contributed by atoms with Crippen molar-refractivity contribution in [2.75, 3.05) is 6.54 Å². The van der Waals surface area contributed by atoms with Crippen LogP contribution in [0.1, 0.15) is 25.8 Å². The van der Waals surface area contributed by atoms with Crippen molar-refractivity contribution in [3.05, 3.63) is 35.3 Å². The van der Waals surface area contributed by atoms with E-state index in [1.807, 2.05) is 38.1 Å². The van der Waals surface area contributed by atoms with Gasteiger partial charge in [0.25, 0.3) is 0 Å². The molecule has 0 spiro atoms. The second kappa shape index (κ2) is 6.37. The molecule has 0 aliphatic rings. The molecule has 0 aliphatic carbocycles. The monoisotopic (exact) mass is 304 g/mol. The maximum absolute atomic E-state index is 11.8. The molecule has 4 nitrogen and oxygen atoms in total. The third-order valence-electron chi connectivity index (χ3n) is 3.55. The molecule has 2 rings (SSSR count). The molecule has 21 heavy (non-hydrogen) atoms. The highest BCUT2D eigenvalue weighted by molar-refractivity contribution is 7.19. The Kier molecular flexibility index (Phi) is 4.75. The summed E-state index contributed by atoms with van der Waals surface area (Å²) in [5.41, 5.74) is 0.0321. The van der Waals surface area contributed by atoms with Crippen LogP contribution >= 0.6 is 11.3 Å². The number of amides is 1. The standard InChI is InChI=1S/C16H20N2O2S/c1-11(2)16(3,20)10-17-14(19)8-9-15-18-12-6-4-5-7-13(12)21-15/h4-9,11,20H,10H2,1-3H3,(H,17,19). The first kappa shape index (κ1) is 15.7. The van der Waals surface area contributed by atoms with Crippen molar-refractivity contribution < 1.29 is 9.90 Å². The lowest BCUT2D eigenvalue weighted by Crippen LogP contribution is -2.43. The summed E-state index contributed by atoms with van der Waals surface area (Å²) in [6.45, 7) is 5.79. The molecular weight excluding hydrogens is 284 g/mol. The summed E-state index contributed by atoms with van der Waals surface area (Å²) in [6, 6.07) is 7.86. The Morgan fingerprint density at radius 1 is 1.48 bits per heavy atom. The third-order valence-corrected chi connectivity index (χ3v) is 4.55. The lowest BCUT2D eigenvalue weighted by molar-refractivity contribution is -0.118. The second-order valence-electron chi connectivity index (χ2n) is 5.58. The quantitative estimate of drug-likeness (QED) is 0.835.